The molecule has 0 N–H and O–H groups in total. The molecule has 0 radical (unpaired) electrons. The Morgan fingerprint density at radius 3 is 2.74 bits per heavy atom. The molecule has 0 bridgehead atoms. The van der Waals surface area contributed by atoms with Crippen LogP contribution in [-0.4, -0.2) is 31.8 Å². The van der Waals surface area contributed by atoms with Gasteiger partial charge in [-0.2, -0.15) is 0 Å². The standard InChI is InChI=1S/C12H10ClNO4S/c13-2-4-19(15,16)12-9-6-11-10(17-7-18-11)5-8(9)1-3-14-12/h1,3,5-6H,2,4,7H2. The van der Waals surface area contributed by atoms with E-state index in [9.17, 15) is 8.42 Å². The molecule has 0 saturated carbocycles. The van der Waals surface area contributed by atoms with Crippen LogP contribution in [0.3, 0.4) is 0 Å². The molecule has 0 fully saturated rings. The summed E-state index contributed by atoms with van der Waals surface area (Å²) in [6.45, 7) is 0.142. The molecule has 0 unspecified atom stereocenters. The highest BCUT2D eigenvalue weighted by Crippen LogP contribution is 2.37. The molecule has 1 aliphatic rings. The summed E-state index contributed by atoms with van der Waals surface area (Å²) in [5, 5.41) is 1.30. The van der Waals surface area contributed by atoms with E-state index in [0.717, 1.165) is 5.39 Å². The summed E-state index contributed by atoms with van der Waals surface area (Å²) < 4.78 is 34.8. The van der Waals surface area contributed by atoms with Crippen molar-refractivity contribution in [3.05, 3.63) is 24.4 Å². The first-order chi connectivity index (χ1) is 9.12. The first-order valence-electron chi connectivity index (χ1n) is 5.59. The van der Waals surface area contributed by atoms with E-state index >= 15 is 0 Å². The van der Waals surface area contributed by atoms with Gasteiger partial charge in [0.1, 0.15) is 0 Å². The smallest absolute Gasteiger partial charge is 0.231 e. The number of sulfone groups is 1. The molecule has 7 heteroatoms. The number of alkyl halides is 1. The average Bonchev–Trinajstić information content (AvgIpc) is 2.82. The first-order valence-corrected chi connectivity index (χ1v) is 7.77. The molecule has 1 aromatic heterocycles. The van der Waals surface area contributed by atoms with Crippen LogP contribution in [0.15, 0.2) is 29.4 Å². The number of nitrogens with zero attached hydrogens (tertiary/aromatic N) is 1. The summed E-state index contributed by atoms with van der Waals surface area (Å²) >= 11 is 5.53. The molecule has 0 aliphatic carbocycles. The van der Waals surface area contributed by atoms with Gasteiger partial charge in [-0.3, -0.25) is 0 Å². The normalized spacial score (nSPS) is 13.9. The molecule has 2 heterocycles. The summed E-state index contributed by atoms with van der Waals surface area (Å²) in [7, 11) is -3.49. The van der Waals surface area contributed by atoms with Crippen molar-refractivity contribution in [2.24, 2.45) is 0 Å². The molecule has 0 saturated heterocycles. The maximum Gasteiger partial charge on any atom is 0.231 e. The highest BCUT2D eigenvalue weighted by atomic mass is 35.5. The van der Waals surface area contributed by atoms with E-state index in [1.807, 2.05) is 0 Å². The van der Waals surface area contributed by atoms with E-state index in [2.05, 4.69) is 4.98 Å². The fourth-order valence-electron chi connectivity index (χ4n) is 1.98. The Labute approximate surface area is 115 Å². The molecule has 0 atom stereocenters. The van der Waals surface area contributed by atoms with Crippen molar-refractivity contribution >= 4 is 32.2 Å². The fraction of sp³-hybridized carbons (Fsp3) is 0.250. The fourth-order valence-corrected chi connectivity index (χ4v) is 3.72. The Hall–Kier alpha value is -1.53. The number of aromatic nitrogens is 1. The lowest BCUT2D eigenvalue weighted by Crippen LogP contribution is -2.10. The van der Waals surface area contributed by atoms with Gasteiger partial charge in [-0.05, 0) is 23.6 Å². The molecule has 19 heavy (non-hydrogen) atoms. The van der Waals surface area contributed by atoms with Crippen LogP contribution < -0.4 is 9.47 Å². The SMILES string of the molecule is O=S(=O)(CCCl)c1nccc2cc3c(cc12)OCO3. The van der Waals surface area contributed by atoms with Crippen molar-refractivity contribution in [1.29, 1.82) is 0 Å². The summed E-state index contributed by atoms with van der Waals surface area (Å²) in [6, 6.07) is 5.13. The van der Waals surface area contributed by atoms with Crippen molar-refractivity contribution in [1.82, 2.24) is 4.98 Å². The minimum Gasteiger partial charge on any atom is -0.454 e. The Morgan fingerprint density at radius 1 is 1.26 bits per heavy atom. The zero-order valence-corrected chi connectivity index (χ0v) is 11.4. The number of pyridine rings is 1. The van der Waals surface area contributed by atoms with Crippen LogP contribution >= 0.6 is 11.6 Å². The second-order valence-corrected chi connectivity index (χ2v) is 6.45. The van der Waals surface area contributed by atoms with Crippen LogP contribution in [0.25, 0.3) is 10.8 Å². The molecule has 100 valence electrons. The summed E-state index contributed by atoms with van der Waals surface area (Å²) in [6.07, 6.45) is 1.46. The third-order valence-electron chi connectivity index (χ3n) is 2.86. The molecule has 0 spiro atoms. The number of hydrogen-bond acceptors (Lipinski definition) is 5. The second kappa shape index (κ2) is 4.54. The van der Waals surface area contributed by atoms with Gasteiger partial charge in [0.05, 0.1) is 5.75 Å². The van der Waals surface area contributed by atoms with Gasteiger partial charge in [0.25, 0.3) is 0 Å². The number of hydrogen-bond donors (Lipinski definition) is 0. The number of ether oxygens (including phenoxy) is 2. The molecule has 3 rings (SSSR count). The van der Waals surface area contributed by atoms with Crippen LogP contribution in [0.1, 0.15) is 0 Å². The van der Waals surface area contributed by atoms with Crippen molar-refractivity contribution in [2.45, 2.75) is 5.03 Å². The van der Waals surface area contributed by atoms with E-state index in [1.165, 1.54) is 6.20 Å². The van der Waals surface area contributed by atoms with Gasteiger partial charge in [0.2, 0.25) is 6.79 Å². The lowest BCUT2D eigenvalue weighted by molar-refractivity contribution is 0.174. The maximum absolute atomic E-state index is 12.1. The highest BCUT2D eigenvalue weighted by Gasteiger charge is 2.22. The number of rotatable bonds is 3. The topological polar surface area (TPSA) is 65.5 Å². The van der Waals surface area contributed by atoms with Crippen LogP contribution in [0, 0.1) is 0 Å². The van der Waals surface area contributed by atoms with Crippen LogP contribution in [0.2, 0.25) is 0 Å². The predicted molar refractivity (Wildman–Crippen MR) is 70.6 cm³/mol. The zero-order chi connectivity index (χ0) is 13.5. The number of benzene rings is 1. The summed E-state index contributed by atoms with van der Waals surface area (Å²) in [5.41, 5.74) is 0. The van der Waals surface area contributed by atoms with Gasteiger partial charge in [0, 0.05) is 17.5 Å². The number of fused-ring (bicyclic) bond motifs is 2. The molecule has 1 aliphatic heterocycles. The molecule has 1 aromatic carbocycles. The largest absolute Gasteiger partial charge is 0.454 e. The van der Waals surface area contributed by atoms with Crippen LogP contribution in [0.4, 0.5) is 0 Å². The van der Waals surface area contributed by atoms with E-state index < -0.39 is 9.84 Å². The molecular formula is C12H10ClNO4S. The minimum atomic E-state index is -3.49. The lowest BCUT2D eigenvalue weighted by Gasteiger charge is -2.07. The monoisotopic (exact) mass is 299 g/mol. The Kier molecular flexibility index (Phi) is 2.99. The van der Waals surface area contributed by atoms with Crippen molar-refractivity contribution in [3.63, 3.8) is 0 Å². The highest BCUT2D eigenvalue weighted by molar-refractivity contribution is 7.91. The average molecular weight is 300 g/mol. The molecule has 0 amide bonds. The third-order valence-corrected chi connectivity index (χ3v) is 4.93. The van der Waals surface area contributed by atoms with Crippen molar-refractivity contribution in [3.8, 4) is 11.5 Å². The summed E-state index contributed by atoms with van der Waals surface area (Å²) in [5.74, 6) is 1.03. The van der Waals surface area contributed by atoms with Gasteiger partial charge in [-0.15, -0.1) is 11.6 Å². The third kappa shape index (κ3) is 2.11. The van der Waals surface area contributed by atoms with Crippen molar-refractivity contribution in [2.75, 3.05) is 18.4 Å². The van der Waals surface area contributed by atoms with Gasteiger partial charge in [-0.1, -0.05) is 0 Å². The van der Waals surface area contributed by atoms with E-state index in [1.54, 1.807) is 18.2 Å². The lowest BCUT2D eigenvalue weighted by atomic mass is 10.1. The van der Waals surface area contributed by atoms with Gasteiger partial charge in [-0.25, -0.2) is 13.4 Å². The maximum atomic E-state index is 12.1. The Balaban J connectivity index is 2.26. The van der Waals surface area contributed by atoms with Crippen LogP contribution in [-0.2, 0) is 9.84 Å². The van der Waals surface area contributed by atoms with Gasteiger partial charge < -0.3 is 9.47 Å². The number of halogens is 1. The predicted octanol–water partition coefficient (Wildman–Crippen LogP) is 1.98. The van der Waals surface area contributed by atoms with E-state index in [-0.39, 0.29) is 23.5 Å². The van der Waals surface area contributed by atoms with Gasteiger partial charge in [0.15, 0.2) is 26.4 Å². The van der Waals surface area contributed by atoms with Crippen LogP contribution in [0.5, 0.6) is 11.5 Å². The zero-order valence-electron chi connectivity index (χ0n) is 9.80. The van der Waals surface area contributed by atoms with Crippen molar-refractivity contribution < 1.29 is 17.9 Å². The molecule has 5 nitrogen and oxygen atoms in total. The summed E-state index contributed by atoms with van der Waals surface area (Å²) in [4.78, 5) is 3.98. The second-order valence-electron chi connectivity index (χ2n) is 4.05. The Bertz CT molecular complexity index is 745. The van der Waals surface area contributed by atoms with Gasteiger partial charge >= 0.3 is 0 Å². The molecular weight excluding hydrogens is 290 g/mol. The minimum absolute atomic E-state index is 0.0314. The molecule has 2 aromatic rings. The quantitative estimate of drug-likeness (QED) is 0.811. The van der Waals surface area contributed by atoms with E-state index in [0.29, 0.717) is 16.9 Å². The first kappa shape index (κ1) is 12.5. The van der Waals surface area contributed by atoms with E-state index in [4.69, 9.17) is 21.1 Å². The Morgan fingerprint density at radius 2 is 2.00 bits per heavy atom.